The quantitative estimate of drug-likeness (QED) is 0.354. The Hall–Kier alpha value is -3.66. The maximum atomic E-state index is 13.6. The van der Waals surface area contributed by atoms with Crippen molar-refractivity contribution >= 4 is 27.7 Å². The molecule has 10 heteroatoms. The number of nitrogens with one attached hydrogen (secondary N) is 2. The minimum absolute atomic E-state index is 0.0183. The molecule has 9 nitrogen and oxygen atoms in total. The predicted octanol–water partition coefficient (Wildman–Crippen LogP) is 5.05. The number of anilines is 1. The molecule has 1 aliphatic carbocycles. The van der Waals surface area contributed by atoms with Gasteiger partial charge >= 0.3 is 0 Å². The summed E-state index contributed by atoms with van der Waals surface area (Å²) in [4.78, 5) is 28.3. The highest BCUT2D eigenvalue weighted by Crippen LogP contribution is 2.32. The van der Waals surface area contributed by atoms with E-state index in [0.29, 0.717) is 22.5 Å². The Bertz CT molecular complexity index is 1460. The lowest BCUT2D eigenvalue weighted by Crippen LogP contribution is -2.52. The Labute approximate surface area is 236 Å². The second kappa shape index (κ2) is 12.2. The van der Waals surface area contributed by atoms with Crippen molar-refractivity contribution in [2.24, 2.45) is 11.8 Å². The maximum absolute atomic E-state index is 13.6. The summed E-state index contributed by atoms with van der Waals surface area (Å²) in [5, 5.41) is 6.55. The third-order valence-electron chi connectivity index (χ3n) is 7.65. The first kappa shape index (κ1) is 29.3. The van der Waals surface area contributed by atoms with Gasteiger partial charge in [-0.2, -0.15) is 0 Å². The molecule has 1 aliphatic rings. The Morgan fingerprint density at radius 2 is 1.70 bits per heavy atom. The van der Waals surface area contributed by atoms with E-state index in [4.69, 9.17) is 4.52 Å². The highest BCUT2D eigenvalue weighted by atomic mass is 32.2. The minimum atomic E-state index is -3.95. The molecule has 0 radical (unpaired) electrons. The molecule has 1 fully saturated rings. The van der Waals surface area contributed by atoms with Gasteiger partial charge in [0, 0.05) is 30.6 Å². The second-order valence-corrected chi connectivity index (χ2v) is 12.4. The molecule has 2 N–H and O–H groups in total. The van der Waals surface area contributed by atoms with E-state index in [1.54, 1.807) is 50.1 Å². The molecule has 2 amide bonds. The number of nitrogens with zero attached hydrogens (tertiary/aromatic N) is 2. The fraction of sp³-hybridized carbons (Fsp3) is 0.433. The van der Waals surface area contributed by atoms with Crippen molar-refractivity contribution in [3.63, 3.8) is 0 Å². The summed E-state index contributed by atoms with van der Waals surface area (Å²) < 4.78 is 34.3. The fourth-order valence-electron chi connectivity index (χ4n) is 5.29. The molecule has 0 unspecified atom stereocenters. The van der Waals surface area contributed by atoms with Gasteiger partial charge in [-0.05, 0) is 49.8 Å². The van der Waals surface area contributed by atoms with E-state index >= 15 is 0 Å². The molecule has 1 atom stereocenters. The molecule has 0 aliphatic heterocycles. The van der Waals surface area contributed by atoms with Crippen LogP contribution in [-0.4, -0.2) is 43.4 Å². The molecular formula is C30H38N4O5S. The van der Waals surface area contributed by atoms with Gasteiger partial charge < -0.3 is 14.7 Å². The zero-order valence-corrected chi connectivity index (χ0v) is 24.5. The number of benzene rings is 2. The van der Waals surface area contributed by atoms with Crippen LogP contribution >= 0.6 is 0 Å². The molecule has 1 saturated carbocycles. The van der Waals surface area contributed by atoms with Gasteiger partial charge in [0.1, 0.15) is 11.8 Å². The number of aromatic nitrogens is 1. The number of carbonyl (C=O) groups is 2. The lowest BCUT2D eigenvalue weighted by Gasteiger charge is -2.35. The minimum Gasteiger partial charge on any atom is -0.359 e. The smallest absolute Gasteiger partial charge is 0.263 e. The Morgan fingerprint density at radius 1 is 1.05 bits per heavy atom. The average molecular weight is 567 g/mol. The molecule has 0 saturated heterocycles. The van der Waals surface area contributed by atoms with E-state index in [-0.39, 0.29) is 40.9 Å². The monoisotopic (exact) mass is 566 g/mol. The SMILES string of the molecule is CNC(=O)[C@H](C(C)C)N(Cc1ccc(-c2ccccc2S(=O)(=O)Nc2noc(C)c2C)cc1)C(=O)C1CCCC1. The predicted molar refractivity (Wildman–Crippen MR) is 154 cm³/mol. The first-order valence-corrected chi connectivity index (χ1v) is 15.2. The summed E-state index contributed by atoms with van der Waals surface area (Å²) in [6, 6.07) is 13.6. The van der Waals surface area contributed by atoms with Crippen LogP contribution < -0.4 is 10.0 Å². The van der Waals surface area contributed by atoms with Crippen LogP contribution in [0.25, 0.3) is 11.1 Å². The summed E-state index contributed by atoms with van der Waals surface area (Å²) in [7, 11) is -2.36. The number of likely N-dealkylation sites (N-methyl/N-ethyl adjacent to an activating group) is 1. The van der Waals surface area contributed by atoms with Crippen molar-refractivity contribution in [2.75, 3.05) is 11.8 Å². The molecule has 4 rings (SSSR count). The van der Waals surface area contributed by atoms with Crippen LogP contribution in [0.1, 0.15) is 56.4 Å². The van der Waals surface area contributed by atoms with Crippen LogP contribution in [0.5, 0.6) is 0 Å². The van der Waals surface area contributed by atoms with Crippen molar-refractivity contribution in [3.05, 3.63) is 65.4 Å². The topological polar surface area (TPSA) is 122 Å². The Morgan fingerprint density at radius 3 is 2.27 bits per heavy atom. The summed E-state index contributed by atoms with van der Waals surface area (Å²) in [6.07, 6.45) is 3.75. The number of hydrogen-bond acceptors (Lipinski definition) is 6. The van der Waals surface area contributed by atoms with Gasteiger partial charge in [0.2, 0.25) is 11.8 Å². The largest absolute Gasteiger partial charge is 0.359 e. The first-order chi connectivity index (χ1) is 19.0. The van der Waals surface area contributed by atoms with Gasteiger partial charge in [-0.25, -0.2) is 8.42 Å². The van der Waals surface area contributed by atoms with Crippen LogP contribution in [-0.2, 0) is 26.2 Å². The van der Waals surface area contributed by atoms with Gasteiger partial charge in [-0.3, -0.25) is 14.3 Å². The molecular weight excluding hydrogens is 528 g/mol. The summed E-state index contributed by atoms with van der Waals surface area (Å²) in [5.41, 5.74) is 2.72. The molecule has 2 aromatic carbocycles. The van der Waals surface area contributed by atoms with E-state index in [2.05, 4.69) is 15.2 Å². The van der Waals surface area contributed by atoms with Gasteiger partial charge in [-0.15, -0.1) is 0 Å². The molecule has 0 bridgehead atoms. The van der Waals surface area contributed by atoms with Crippen molar-refractivity contribution in [1.82, 2.24) is 15.4 Å². The molecule has 3 aromatic rings. The van der Waals surface area contributed by atoms with Gasteiger partial charge in [0.15, 0.2) is 5.82 Å². The van der Waals surface area contributed by atoms with E-state index in [0.717, 1.165) is 31.2 Å². The number of sulfonamides is 1. The van der Waals surface area contributed by atoms with Crippen LogP contribution in [0.3, 0.4) is 0 Å². The lowest BCUT2D eigenvalue weighted by molar-refractivity contribution is -0.145. The molecule has 0 spiro atoms. The summed E-state index contributed by atoms with van der Waals surface area (Å²) >= 11 is 0. The van der Waals surface area contributed by atoms with Crippen LogP contribution in [0.2, 0.25) is 0 Å². The summed E-state index contributed by atoms with van der Waals surface area (Å²) in [5.74, 6) is 0.411. The van der Waals surface area contributed by atoms with Gasteiger partial charge in [0.25, 0.3) is 10.0 Å². The van der Waals surface area contributed by atoms with E-state index in [9.17, 15) is 18.0 Å². The zero-order valence-electron chi connectivity index (χ0n) is 23.7. The van der Waals surface area contributed by atoms with Crippen molar-refractivity contribution in [3.8, 4) is 11.1 Å². The molecule has 214 valence electrons. The standard InChI is InChI=1S/C30H38N4O5S/c1-19(2)27(29(35)31-5)34(30(36)24-10-6-7-11-24)18-22-14-16-23(17-15-22)25-12-8-9-13-26(25)40(37,38)33-28-20(3)21(4)39-32-28/h8-9,12-17,19,24,27H,6-7,10-11,18H2,1-5H3,(H,31,35)(H,32,33)/t27-/m0/s1. The number of hydrogen-bond donors (Lipinski definition) is 2. The highest BCUT2D eigenvalue weighted by molar-refractivity contribution is 7.92. The lowest BCUT2D eigenvalue weighted by atomic mass is 9.97. The highest BCUT2D eigenvalue weighted by Gasteiger charge is 2.36. The van der Waals surface area contributed by atoms with Crippen LogP contribution in [0.15, 0.2) is 57.9 Å². The van der Waals surface area contributed by atoms with Crippen molar-refractivity contribution in [1.29, 1.82) is 0 Å². The van der Waals surface area contributed by atoms with Crippen molar-refractivity contribution < 1.29 is 22.5 Å². The maximum Gasteiger partial charge on any atom is 0.263 e. The summed E-state index contributed by atoms with van der Waals surface area (Å²) in [6.45, 7) is 7.65. The molecule has 40 heavy (non-hydrogen) atoms. The molecule has 1 heterocycles. The average Bonchev–Trinajstić information content (AvgIpc) is 3.59. The second-order valence-electron chi connectivity index (χ2n) is 10.8. The van der Waals surface area contributed by atoms with Gasteiger partial charge in [-0.1, -0.05) is 74.3 Å². The van der Waals surface area contributed by atoms with Crippen molar-refractivity contribution in [2.45, 2.75) is 70.9 Å². The third-order valence-corrected chi connectivity index (χ3v) is 9.05. The third kappa shape index (κ3) is 6.22. The van der Waals surface area contributed by atoms with E-state index < -0.39 is 16.1 Å². The van der Waals surface area contributed by atoms with Gasteiger partial charge in [0.05, 0.1) is 4.90 Å². The van der Waals surface area contributed by atoms with Crippen LogP contribution in [0, 0.1) is 25.7 Å². The number of rotatable bonds is 10. The fourth-order valence-corrected chi connectivity index (χ4v) is 6.58. The number of amides is 2. The first-order valence-electron chi connectivity index (χ1n) is 13.7. The normalized spacial score (nSPS) is 14.8. The van der Waals surface area contributed by atoms with E-state index in [1.165, 1.54) is 0 Å². The zero-order chi connectivity index (χ0) is 29.0. The van der Waals surface area contributed by atoms with Crippen LogP contribution in [0.4, 0.5) is 5.82 Å². The Kier molecular flexibility index (Phi) is 8.98. The number of carbonyl (C=O) groups excluding carboxylic acids is 2. The number of aryl methyl sites for hydroxylation is 1. The molecule has 1 aromatic heterocycles. The Balaban J connectivity index is 1.62. The van der Waals surface area contributed by atoms with E-state index in [1.807, 2.05) is 38.1 Å².